The minimum Gasteiger partial charge on any atom is -0.463 e. The molecule has 0 aromatic rings. The summed E-state index contributed by atoms with van der Waals surface area (Å²) in [6, 6.07) is -2.49. The number of urea groups is 1. The number of ketones is 2. The third kappa shape index (κ3) is 40.5. The van der Waals surface area contributed by atoms with Gasteiger partial charge in [-0.3, -0.25) is 46.9 Å². The Labute approximate surface area is 402 Å². The standard InChI is InChI=1S/C44H82N4O18P2/c1-7-9-11-13-15-20-40(65-36(5)51)22-18-17-19-38(47-42(53)29-34(3)49)32-63-67(56,57)61-27-24-45-44(55)46-25-28-62-68(58,59)64-33-39(48-43(54)30-35(4)50)31-60-26-23-41(66-37(6)52)21-16-14-12-10-8-2/h38-41H,7-33H2,1-6H3,(H,47,53)(H,48,54)(H,56,57)(H,58,59)(H2,45,46,55)/t38-,39-,40-,41-/m1/s1. The van der Waals surface area contributed by atoms with E-state index in [2.05, 4.69) is 35.1 Å². The van der Waals surface area contributed by atoms with E-state index in [0.29, 0.717) is 38.5 Å². The molecule has 0 saturated carbocycles. The lowest BCUT2D eigenvalue weighted by Crippen LogP contribution is -2.42. The first-order valence-corrected chi connectivity index (χ1v) is 26.9. The summed E-state index contributed by atoms with van der Waals surface area (Å²) in [6.07, 6.45) is 13.0. The Kier molecular flexibility index (Phi) is 37.5. The number of ether oxygens (including phenoxy) is 3. The van der Waals surface area contributed by atoms with Gasteiger partial charge in [-0.25, -0.2) is 13.9 Å². The maximum absolute atomic E-state index is 12.6. The lowest BCUT2D eigenvalue weighted by atomic mass is 10.0. The van der Waals surface area contributed by atoms with Crippen molar-refractivity contribution in [1.82, 2.24) is 21.3 Å². The molecule has 6 atom stereocenters. The number of amides is 4. The zero-order chi connectivity index (χ0) is 51.2. The minimum atomic E-state index is -4.72. The van der Waals surface area contributed by atoms with Crippen LogP contribution in [0.2, 0.25) is 0 Å². The molecule has 0 aliphatic heterocycles. The molecule has 24 heteroatoms. The first-order valence-electron chi connectivity index (χ1n) is 23.9. The van der Waals surface area contributed by atoms with Crippen molar-refractivity contribution in [2.24, 2.45) is 0 Å². The predicted molar refractivity (Wildman–Crippen MR) is 251 cm³/mol. The van der Waals surface area contributed by atoms with Gasteiger partial charge in [-0.2, -0.15) is 0 Å². The van der Waals surface area contributed by atoms with E-state index >= 15 is 0 Å². The Morgan fingerprint density at radius 2 is 0.882 bits per heavy atom. The molecule has 396 valence electrons. The van der Waals surface area contributed by atoms with Gasteiger partial charge in [0.2, 0.25) is 11.8 Å². The number of nitrogens with one attached hydrogen (secondary N) is 4. The number of carbonyl (C=O) groups is 7. The van der Waals surface area contributed by atoms with Gasteiger partial charge in [-0.05, 0) is 58.8 Å². The Bertz CT molecular complexity index is 1460. The molecule has 0 aromatic carbocycles. The van der Waals surface area contributed by atoms with Crippen LogP contribution in [-0.4, -0.2) is 128 Å². The lowest BCUT2D eigenvalue weighted by molar-refractivity contribution is -0.148. The fourth-order valence-corrected chi connectivity index (χ4v) is 8.17. The summed E-state index contributed by atoms with van der Waals surface area (Å²) < 4.78 is 61.8. The number of phosphoric acid groups is 2. The molecule has 0 fully saturated rings. The van der Waals surface area contributed by atoms with Crippen molar-refractivity contribution in [2.75, 3.05) is 52.7 Å². The topological polar surface area (TPSA) is 307 Å². The van der Waals surface area contributed by atoms with Gasteiger partial charge in [0.15, 0.2) is 0 Å². The Hall–Kier alpha value is -3.33. The van der Waals surface area contributed by atoms with Crippen LogP contribution in [0.3, 0.4) is 0 Å². The highest BCUT2D eigenvalue weighted by molar-refractivity contribution is 7.47. The number of hydrogen-bond donors (Lipinski definition) is 6. The molecule has 0 bridgehead atoms. The molecule has 0 saturated heterocycles. The summed E-state index contributed by atoms with van der Waals surface area (Å²) in [5.74, 6) is -2.78. The second-order valence-corrected chi connectivity index (χ2v) is 19.6. The largest absolute Gasteiger partial charge is 0.472 e. The van der Waals surface area contributed by atoms with Crippen LogP contribution in [0, 0.1) is 0 Å². The van der Waals surface area contributed by atoms with Gasteiger partial charge in [-0.1, -0.05) is 71.6 Å². The number of Topliss-reactive ketones (excluding diaryl/α,β-unsaturated/α-hetero) is 2. The summed E-state index contributed by atoms with van der Waals surface area (Å²) in [5, 5.41) is 9.89. The molecule has 0 radical (unpaired) electrons. The maximum Gasteiger partial charge on any atom is 0.472 e. The Balaban J connectivity index is 4.87. The van der Waals surface area contributed by atoms with Crippen LogP contribution in [-0.2, 0) is 70.2 Å². The van der Waals surface area contributed by atoms with E-state index in [1.807, 2.05) is 0 Å². The van der Waals surface area contributed by atoms with Gasteiger partial charge in [0.05, 0.1) is 64.6 Å². The van der Waals surface area contributed by atoms with Crippen LogP contribution in [0.25, 0.3) is 0 Å². The van der Waals surface area contributed by atoms with E-state index in [1.54, 1.807) is 0 Å². The molecule has 2 unspecified atom stereocenters. The van der Waals surface area contributed by atoms with E-state index in [4.69, 9.17) is 32.3 Å². The summed E-state index contributed by atoms with van der Waals surface area (Å²) in [7, 11) is -9.39. The highest BCUT2D eigenvalue weighted by Crippen LogP contribution is 2.43. The third-order valence-electron chi connectivity index (χ3n) is 9.87. The summed E-state index contributed by atoms with van der Waals surface area (Å²) >= 11 is 0. The number of phosphoric ester groups is 2. The molecule has 0 aliphatic carbocycles. The SMILES string of the molecule is CCCCCCC[C@H](CCCC[C@H](COP(=O)(O)OCCNC(=O)NCCOP(=O)(O)OC[C@@H](COCC[C@@H](CCCCCCC)OC(C)=O)NC(=O)CC(C)=O)NC(=O)CC(C)=O)OC(C)=O. The van der Waals surface area contributed by atoms with Crippen molar-refractivity contribution >= 4 is 57.0 Å². The van der Waals surface area contributed by atoms with Crippen LogP contribution < -0.4 is 21.3 Å². The average Bonchev–Trinajstić information content (AvgIpc) is 3.23. The average molecular weight is 1020 g/mol. The van der Waals surface area contributed by atoms with E-state index < -0.39 is 90.2 Å². The Morgan fingerprint density at radius 1 is 0.485 bits per heavy atom. The van der Waals surface area contributed by atoms with Crippen molar-refractivity contribution in [3.63, 3.8) is 0 Å². The minimum absolute atomic E-state index is 0.139. The van der Waals surface area contributed by atoms with E-state index in [9.17, 15) is 52.5 Å². The van der Waals surface area contributed by atoms with E-state index in [-0.39, 0.29) is 56.7 Å². The second kappa shape index (κ2) is 39.4. The third-order valence-corrected chi connectivity index (χ3v) is 11.8. The lowest BCUT2D eigenvalue weighted by Gasteiger charge is -2.21. The van der Waals surface area contributed by atoms with Gasteiger partial charge in [-0.15, -0.1) is 0 Å². The molecule has 68 heavy (non-hydrogen) atoms. The molecule has 0 spiro atoms. The Morgan fingerprint density at radius 3 is 1.32 bits per heavy atom. The predicted octanol–water partition coefficient (Wildman–Crippen LogP) is 6.03. The molecule has 0 aliphatic rings. The van der Waals surface area contributed by atoms with Gasteiger partial charge in [0.1, 0.15) is 23.8 Å². The van der Waals surface area contributed by atoms with Crippen LogP contribution in [0.4, 0.5) is 4.79 Å². The van der Waals surface area contributed by atoms with Crippen molar-refractivity contribution in [3.8, 4) is 0 Å². The van der Waals surface area contributed by atoms with Crippen molar-refractivity contribution in [3.05, 3.63) is 0 Å². The first-order chi connectivity index (χ1) is 32.2. The van der Waals surface area contributed by atoms with Crippen LogP contribution in [0.1, 0.15) is 164 Å². The van der Waals surface area contributed by atoms with Crippen molar-refractivity contribution in [2.45, 2.75) is 188 Å². The molecule has 22 nitrogen and oxygen atoms in total. The molecule has 0 aromatic heterocycles. The van der Waals surface area contributed by atoms with E-state index in [1.165, 1.54) is 27.7 Å². The van der Waals surface area contributed by atoms with Crippen molar-refractivity contribution < 1.29 is 84.8 Å². The molecule has 4 amide bonds. The van der Waals surface area contributed by atoms with Gasteiger partial charge < -0.3 is 45.3 Å². The van der Waals surface area contributed by atoms with Crippen LogP contribution >= 0.6 is 15.6 Å². The molecular formula is C44H82N4O18P2. The number of esters is 2. The zero-order valence-corrected chi connectivity index (χ0v) is 43.0. The maximum atomic E-state index is 12.6. The normalized spacial score (nSPS) is 14.8. The summed E-state index contributed by atoms with van der Waals surface area (Å²) in [5.41, 5.74) is 0. The molecule has 0 rings (SSSR count). The number of unbranched alkanes of at least 4 members (excludes halogenated alkanes) is 9. The van der Waals surface area contributed by atoms with Crippen LogP contribution in [0.15, 0.2) is 0 Å². The zero-order valence-electron chi connectivity index (χ0n) is 41.2. The smallest absolute Gasteiger partial charge is 0.463 e. The molecule has 6 N–H and O–H groups in total. The van der Waals surface area contributed by atoms with Crippen LogP contribution in [0.5, 0.6) is 0 Å². The number of carbonyl (C=O) groups excluding carboxylic acids is 7. The van der Waals surface area contributed by atoms with Crippen molar-refractivity contribution in [1.29, 1.82) is 0 Å². The summed E-state index contributed by atoms with van der Waals surface area (Å²) in [6.45, 7) is 6.96. The van der Waals surface area contributed by atoms with Gasteiger partial charge in [0.25, 0.3) is 0 Å². The molecular weight excluding hydrogens is 934 g/mol. The summed E-state index contributed by atoms with van der Waals surface area (Å²) in [4.78, 5) is 104. The fourth-order valence-electron chi connectivity index (χ4n) is 6.64. The highest BCUT2D eigenvalue weighted by atomic mass is 31.2. The van der Waals surface area contributed by atoms with E-state index in [0.717, 1.165) is 70.6 Å². The second-order valence-electron chi connectivity index (χ2n) is 16.7. The number of rotatable bonds is 44. The first kappa shape index (κ1) is 64.7. The fraction of sp³-hybridized carbons (Fsp3) is 0.841. The quantitative estimate of drug-likeness (QED) is 0.0176. The van der Waals surface area contributed by atoms with Gasteiger partial charge in [0, 0.05) is 33.4 Å². The monoisotopic (exact) mass is 1020 g/mol. The number of hydrogen-bond acceptors (Lipinski definition) is 16. The molecule has 0 heterocycles. The van der Waals surface area contributed by atoms with Gasteiger partial charge >= 0.3 is 33.6 Å². The highest BCUT2D eigenvalue weighted by Gasteiger charge is 2.27.